The molecule has 2 fully saturated rings. The number of amides is 5. The van der Waals surface area contributed by atoms with Gasteiger partial charge in [0.2, 0.25) is 23.6 Å². The second-order valence-corrected chi connectivity index (χ2v) is 12.9. The fourth-order valence-corrected chi connectivity index (χ4v) is 5.64. The van der Waals surface area contributed by atoms with E-state index < -0.39 is 65.8 Å². The lowest BCUT2D eigenvalue weighted by atomic mass is 9.96. The van der Waals surface area contributed by atoms with Crippen LogP contribution in [0.15, 0.2) is 0 Å². The van der Waals surface area contributed by atoms with Gasteiger partial charge >= 0.3 is 5.97 Å². The normalized spacial score (nSPS) is 29.8. The zero-order valence-corrected chi connectivity index (χ0v) is 26.9. The smallest absolute Gasteiger partial charge is 0.308 e. The van der Waals surface area contributed by atoms with E-state index in [0.717, 1.165) is 0 Å². The van der Waals surface area contributed by atoms with Gasteiger partial charge in [-0.1, -0.05) is 48.5 Å². The maximum Gasteiger partial charge on any atom is 0.308 e. The summed E-state index contributed by atoms with van der Waals surface area (Å²) in [6.07, 6.45) is -0.402. The van der Waals surface area contributed by atoms with Crippen LogP contribution in [0.3, 0.4) is 0 Å². The quantitative estimate of drug-likeness (QED) is 0.466. The molecule has 0 unspecified atom stereocenters. The molecule has 2 aliphatic heterocycles. The van der Waals surface area contributed by atoms with Gasteiger partial charge in [0.15, 0.2) is 6.10 Å². The van der Waals surface area contributed by atoms with Crippen molar-refractivity contribution in [2.24, 2.45) is 23.7 Å². The number of cyclic esters (lactones) is 1. The average molecular weight is 594 g/mol. The maximum absolute atomic E-state index is 13.9. The van der Waals surface area contributed by atoms with Gasteiger partial charge < -0.3 is 30.1 Å². The molecule has 42 heavy (non-hydrogen) atoms. The fourth-order valence-electron chi connectivity index (χ4n) is 5.64. The van der Waals surface area contributed by atoms with Crippen LogP contribution in [0, 0.1) is 23.7 Å². The van der Waals surface area contributed by atoms with E-state index >= 15 is 0 Å². The molecular formula is C30H51N5O7. The van der Waals surface area contributed by atoms with Crippen LogP contribution in [0.25, 0.3) is 0 Å². The lowest BCUT2D eigenvalue weighted by Gasteiger charge is -2.38. The molecule has 2 rings (SSSR count). The highest BCUT2D eigenvalue weighted by molar-refractivity contribution is 5.96. The number of hydrogen-bond acceptors (Lipinski definition) is 7. The van der Waals surface area contributed by atoms with E-state index in [-0.39, 0.29) is 43.1 Å². The summed E-state index contributed by atoms with van der Waals surface area (Å²) < 4.78 is 5.61. The van der Waals surface area contributed by atoms with E-state index in [1.165, 1.54) is 28.8 Å². The van der Waals surface area contributed by atoms with Crippen molar-refractivity contribution in [1.82, 2.24) is 25.3 Å². The van der Waals surface area contributed by atoms with Crippen LogP contribution in [0.5, 0.6) is 0 Å². The Kier molecular flexibility index (Phi) is 12.4. The number of fused-ring (bicyclic) bond motifs is 1. The van der Waals surface area contributed by atoms with Gasteiger partial charge in [-0.3, -0.25) is 28.8 Å². The molecule has 5 amide bonds. The van der Waals surface area contributed by atoms with Gasteiger partial charge in [0.25, 0.3) is 5.91 Å². The summed E-state index contributed by atoms with van der Waals surface area (Å²) >= 11 is 0. The third kappa shape index (κ3) is 8.22. The molecule has 12 heteroatoms. The summed E-state index contributed by atoms with van der Waals surface area (Å²) in [5.74, 6) is -3.67. The van der Waals surface area contributed by atoms with Crippen LogP contribution in [0.4, 0.5) is 0 Å². The van der Waals surface area contributed by atoms with Gasteiger partial charge in [0, 0.05) is 27.2 Å². The highest BCUT2D eigenvalue weighted by atomic mass is 16.5. The van der Waals surface area contributed by atoms with E-state index in [0.29, 0.717) is 13.0 Å². The van der Waals surface area contributed by atoms with Crippen LogP contribution in [0.1, 0.15) is 74.7 Å². The van der Waals surface area contributed by atoms with Crippen LogP contribution >= 0.6 is 0 Å². The summed E-state index contributed by atoms with van der Waals surface area (Å²) in [6.45, 7) is 14.8. The Morgan fingerprint density at radius 3 is 2.00 bits per heavy atom. The highest BCUT2D eigenvalue weighted by Gasteiger charge is 2.45. The molecule has 2 saturated heterocycles. The number of esters is 1. The Bertz CT molecular complexity index is 1030. The zero-order valence-electron chi connectivity index (χ0n) is 26.9. The number of nitrogens with zero attached hydrogens (tertiary/aromatic N) is 3. The van der Waals surface area contributed by atoms with Crippen LogP contribution in [-0.2, 0) is 33.5 Å². The summed E-state index contributed by atoms with van der Waals surface area (Å²) in [5, 5.41) is 5.54. The molecule has 6 atom stereocenters. The molecule has 0 radical (unpaired) electrons. The second kappa shape index (κ2) is 14.8. The number of hydrogen-bond donors (Lipinski definition) is 2. The second-order valence-electron chi connectivity index (χ2n) is 12.9. The molecule has 0 aliphatic carbocycles. The van der Waals surface area contributed by atoms with E-state index in [2.05, 4.69) is 10.6 Å². The van der Waals surface area contributed by atoms with Crippen molar-refractivity contribution < 1.29 is 33.5 Å². The van der Waals surface area contributed by atoms with Gasteiger partial charge in [-0.05, 0) is 43.4 Å². The van der Waals surface area contributed by atoms with Crippen LogP contribution < -0.4 is 10.6 Å². The number of carbonyl (C=O) groups excluding carboxylic acids is 6. The van der Waals surface area contributed by atoms with Crippen molar-refractivity contribution in [2.75, 3.05) is 27.2 Å². The molecule has 0 saturated carbocycles. The Morgan fingerprint density at radius 1 is 0.833 bits per heavy atom. The van der Waals surface area contributed by atoms with Gasteiger partial charge in [-0.15, -0.1) is 0 Å². The average Bonchev–Trinajstić information content (AvgIpc) is 3.29. The first-order valence-electron chi connectivity index (χ1n) is 15.1. The van der Waals surface area contributed by atoms with Crippen LogP contribution in [-0.4, -0.2) is 108 Å². The first-order valence-corrected chi connectivity index (χ1v) is 15.1. The third-order valence-corrected chi connectivity index (χ3v) is 8.30. The topological polar surface area (TPSA) is 145 Å². The minimum Gasteiger partial charge on any atom is -0.452 e. The lowest BCUT2D eigenvalue weighted by Crippen LogP contribution is -2.61. The van der Waals surface area contributed by atoms with Crippen molar-refractivity contribution in [3.05, 3.63) is 0 Å². The van der Waals surface area contributed by atoms with Gasteiger partial charge in [0.1, 0.15) is 24.2 Å². The Labute approximate surface area is 250 Å². The first kappa shape index (κ1) is 35.0. The van der Waals surface area contributed by atoms with Gasteiger partial charge in [-0.25, -0.2) is 0 Å². The third-order valence-electron chi connectivity index (χ3n) is 8.30. The standard InChI is InChI=1S/C30H51N5O7/c1-16(2)15-21-28(39)35-14-12-19(7)25(35)27(38)32-23(17(3)4)29(40)34(10)24(18(5)6)30(41)33(9)20(8)26(37)31-13-11-22(36)42-21/h16-21,23-25H,11-15H2,1-10H3,(H,31,37)(H,32,38)/t19-,20-,21+,23-,24-,25-/m0/s1. The Morgan fingerprint density at radius 2 is 1.45 bits per heavy atom. The summed E-state index contributed by atoms with van der Waals surface area (Å²) in [7, 11) is 3.03. The first-order chi connectivity index (χ1) is 19.5. The zero-order chi connectivity index (χ0) is 32.0. The number of rotatable bonds is 4. The van der Waals surface area contributed by atoms with E-state index in [1.54, 1.807) is 20.8 Å². The largest absolute Gasteiger partial charge is 0.452 e. The number of nitrogens with one attached hydrogen (secondary N) is 2. The van der Waals surface area contributed by atoms with Crippen molar-refractivity contribution in [3.8, 4) is 0 Å². The molecule has 238 valence electrons. The van der Waals surface area contributed by atoms with E-state index in [4.69, 9.17) is 4.74 Å². The highest BCUT2D eigenvalue weighted by Crippen LogP contribution is 2.27. The molecule has 0 aromatic carbocycles. The summed E-state index contributed by atoms with van der Waals surface area (Å²) in [6, 6.07) is -3.59. The molecule has 0 spiro atoms. The molecular weight excluding hydrogens is 542 g/mol. The number of carbonyl (C=O) groups is 6. The van der Waals surface area contributed by atoms with E-state index in [9.17, 15) is 28.8 Å². The summed E-state index contributed by atoms with van der Waals surface area (Å²) in [5.41, 5.74) is 0. The molecule has 2 N–H and O–H groups in total. The van der Waals surface area contributed by atoms with Crippen molar-refractivity contribution in [3.63, 3.8) is 0 Å². The predicted molar refractivity (Wildman–Crippen MR) is 157 cm³/mol. The SMILES string of the molecule is CC(C)C[C@H]1OC(=O)CCNC(=O)[C@H](C)N(C)C(=O)[C@H](C(C)C)N(C)C(=O)[C@H](C(C)C)NC(=O)[C@@H]2[C@@H](C)CCN2C1=O. The van der Waals surface area contributed by atoms with Gasteiger partial charge in [0.05, 0.1) is 6.42 Å². The molecule has 0 aromatic heterocycles. The van der Waals surface area contributed by atoms with Crippen LogP contribution in [0.2, 0.25) is 0 Å². The molecule has 2 heterocycles. The molecule has 0 aromatic rings. The number of likely N-dealkylation sites (N-methyl/N-ethyl adjacent to an activating group) is 2. The monoisotopic (exact) mass is 593 g/mol. The minimum atomic E-state index is -1.08. The lowest BCUT2D eigenvalue weighted by molar-refractivity contribution is -0.162. The Hall–Kier alpha value is -3.18. The molecule has 12 nitrogen and oxygen atoms in total. The Balaban J connectivity index is 2.55. The van der Waals surface area contributed by atoms with Crippen molar-refractivity contribution in [2.45, 2.75) is 105 Å². The molecule has 0 bridgehead atoms. The van der Waals surface area contributed by atoms with Gasteiger partial charge in [-0.2, -0.15) is 0 Å². The predicted octanol–water partition coefficient (Wildman–Crippen LogP) is 1.17. The fraction of sp³-hybridized carbons (Fsp3) is 0.800. The van der Waals surface area contributed by atoms with E-state index in [1.807, 2.05) is 34.6 Å². The van der Waals surface area contributed by atoms with Crippen molar-refractivity contribution in [1.29, 1.82) is 0 Å². The maximum atomic E-state index is 13.9. The number of ether oxygens (including phenoxy) is 1. The van der Waals surface area contributed by atoms with Crippen molar-refractivity contribution >= 4 is 35.5 Å². The minimum absolute atomic E-state index is 0.0293. The molecule has 2 aliphatic rings. The summed E-state index contributed by atoms with van der Waals surface area (Å²) in [4.78, 5) is 84.7.